The monoisotopic (exact) mass is 248 g/mol. The van der Waals surface area contributed by atoms with Crippen molar-refractivity contribution >= 4 is 0 Å². The van der Waals surface area contributed by atoms with E-state index in [4.69, 9.17) is 0 Å². The van der Waals surface area contributed by atoms with Crippen LogP contribution < -0.4 is 10.6 Å². The van der Waals surface area contributed by atoms with E-state index in [1.165, 1.54) is 17.5 Å². The number of benzene rings is 1. The maximum Gasteiger partial charge on any atom is -0.000834 e. The number of hydrogen-bond donors (Lipinski definition) is 2. The molecule has 0 fully saturated rings. The van der Waals surface area contributed by atoms with Crippen molar-refractivity contribution < 1.29 is 0 Å². The van der Waals surface area contributed by atoms with Gasteiger partial charge in [0.25, 0.3) is 0 Å². The molecule has 1 rings (SSSR count). The van der Waals surface area contributed by atoms with Crippen LogP contribution in [-0.4, -0.2) is 26.7 Å². The minimum absolute atomic E-state index is 0.254. The van der Waals surface area contributed by atoms with Crippen LogP contribution in [-0.2, 0) is 11.8 Å². The molecule has 2 nitrogen and oxygen atoms in total. The lowest BCUT2D eigenvalue weighted by molar-refractivity contribution is 0.589. The molecule has 0 aliphatic carbocycles. The first-order valence-electron chi connectivity index (χ1n) is 6.99. The Morgan fingerprint density at radius 3 is 2.17 bits per heavy atom. The minimum Gasteiger partial charge on any atom is -0.320 e. The van der Waals surface area contributed by atoms with Gasteiger partial charge in [-0.15, -0.1) is 0 Å². The van der Waals surface area contributed by atoms with Gasteiger partial charge in [0.1, 0.15) is 0 Å². The average molecular weight is 248 g/mol. The summed E-state index contributed by atoms with van der Waals surface area (Å²) in [6, 6.07) is 9.04. The first kappa shape index (κ1) is 15.2. The Balaban J connectivity index is 2.27. The summed E-state index contributed by atoms with van der Waals surface area (Å²) in [4.78, 5) is 0. The summed E-state index contributed by atoms with van der Waals surface area (Å²) in [6.07, 6.45) is 2.31. The van der Waals surface area contributed by atoms with Crippen molar-refractivity contribution in [3.8, 4) is 0 Å². The summed E-state index contributed by atoms with van der Waals surface area (Å²) in [5.74, 6) is 0. The van der Waals surface area contributed by atoms with E-state index in [9.17, 15) is 0 Å². The van der Waals surface area contributed by atoms with E-state index >= 15 is 0 Å². The average Bonchev–Trinajstić information content (AvgIpc) is 2.33. The SMILES string of the molecule is CNCCCNCCc1ccc(C(C)(C)C)cc1. The summed E-state index contributed by atoms with van der Waals surface area (Å²) >= 11 is 0. The van der Waals surface area contributed by atoms with E-state index in [1.807, 2.05) is 7.05 Å². The molecule has 2 heteroatoms. The smallest absolute Gasteiger partial charge is 0.000834 e. The summed E-state index contributed by atoms with van der Waals surface area (Å²) < 4.78 is 0. The molecule has 0 aliphatic heterocycles. The highest BCUT2D eigenvalue weighted by atomic mass is 14.9. The van der Waals surface area contributed by atoms with Crippen LogP contribution in [0, 0.1) is 0 Å². The molecule has 2 N–H and O–H groups in total. The molecule has 0 aromatic heterocycles. The van der Waals surface area contributed by atoms with E-state index < -0.39 is 0 Å². The largest absolute Gasteiger partial charge is 0.320 e. The van der Waals surface area contributed by atoms with Gasteiger partial charge in [-0.25, -0.2) is 0 Å². The van der Waals surface area contributed by atoms with Crippen LogP contribution in [0.1, 0.15) is 38.3 Å². The number of hydrogen-bond acceptors (Lipinski definition) is 2. The van der Waals surface area contributed by atoms with Gasteiger partial charge >= 0.3 is 0 Å². The van der Waals surface area contributed by atoms with Crippen molar-refractivity contribution in [3.05, 3.63) is 35.4 Å². The Morgan fingerprint density at radius 1 is 0.944 bits per heavy atom. The maximum absolute atomic E-state index is 3.47. The molecule has 18 heavy (non-hydrogen) atoms. The summed E-state index contributed by atoms with van der Waals surface area (Å²) in [6.45, 7) is 10.0. The van der Waals surface area contributed by atoms with Gasteiger partial charge < -0.3 is 10.6 Å². The van der Waals surface area contributed by atoms with E-state index in [1.54, 1.807) is 0 Å². The number of nitrogens with one attached hydrogen (secondary N) is 2. The van der Waals surface area contributed by atoms with E-state index in [0.29, 0.717) is 0 Å². The Kier molecular flexibility index (Phi) is 6.37. The van der Waals surface area contributed by atoms with Gasteiger partial charge in [-0.05, 0) is 56.1 Å². The highest BCUT2D eigenvalue weighted by Gasteiger charge is 2.12. The van der Waals surface area contributed by atoms with Crippen LogP contribution in [0.25, 0.3) is 0 Å². The van der Waals surface area contributed by atoms with Gasteiger partial charge in [-0.1, -0.05) is 45.0 Å². The standard InChI is InChI=1S/C16H28N2/c1-16(2,3)15-8-6-14(7-9-15)10-13-18-12-5-11-17-4/h6-9,17-18H,5,10-13H2,1-4H3. The third kappa shape index (κ3) is 5.65. The first-order valence-corrected chi connectivity index (χ1v) is 6.99. The fraction of sp³-hybridized carbons (Fsp3) is 0.625. The zero-order chi connectivity index (χ0) is 13.4. The summed E-state index contributed by atoms with van der Waals surface area (Å²) in [5, 5.41) is 6.63. The molecule has 0 atom stereocenters. The van der Waals surface area contributed by atoms with Gasteiger partial charge in [0.2, 0.25) is 0 Å². The maximum atomic E-state index is 3.47. The summed E-state index contributed by atoms with van der Waals surface area (Å²) in [5.41, 5.74) is 3.08. The van der Waals surface area contributed by atoms with Gasteiger partial charge in [-0.2, -0.15) is 0 Å². The molecular weight excluding hydrogens is 220 g/mol. The van der Waals surface area contributed by atoms with Crippen LogP contribution >= 0.6 is 0 Å². The Morgan fingerprint density at radius 2 is 1.61 bits per heavy atom. The normalized spacial score (nSPS) is 11.8. The molecule has 0 amide bonds. The van der Waals surface area contributed by atoms with Crippen LogP contribution in [0.4, 0.5) is 0 Å². The topological polar surface area (TPSA) is 24.1 Å². The second kappa shape index (κ2) is 7.55. The fourth-order valence-corrected chi connectivity index (χ4v) is 1.92. The lowest BCUT2D eigenvalue weighted by Gasteiger charge is -2.19. The van der Waals surface area contributed by atoms with Crippen molar-refractivity contribution in [2.24, 2.45) is 0 Å². The van der Waals surface area contributed by atoms with Crippen LogP contribution in [0.2, 0.25) is 0 Å². The molecule has 1 aromatic rings. The molecule has 102 valence electrons. The molecule has 0 aliphatic rings. The predicted molar refractivity (Wildman–Crippen MR) is 80.3 cm³/mol. The predicted octanol–water partition coefficient (Wildman–Crippen LogP) is 2.73. The zero-order valence-corrected chi connectivity index (χ0v) is 12.3. The lowest BCUT2D eigenvalue weighted by atomic mass is 9.86. The second-order valence-electron chi connectivity index (χ2n) is 5.90. The van der Waals surface area contributed by atoms with E-state index in [-0.39, 0.29) is 5.41 Å². The van der Waals surface area contributed by atoms with Crippen LogP contribution in [0.3, 0.4) is 0 Å². The van der Waals surface area contributed by atoms with Crippen molar-refractivity contribution in [2.45, 2.75) is 39.0 Å². The highest BCUT2D eigenvalue weighted by Crippen LogP contribution is 2.22. The molecule has 0 saturated carbocycles. The number of rotatable bonds is 7. The summed E-state index contributed by atoms with van der Waals surface area (Å²) in [7, 11) is 2.00. The third-order valence-corrected chi connectivity index (χ3v) is 3.19. The van der Waals surface area contributed by atoms with Gasteiger partial charge in [0, 0.05) is 0 Å². The molecule has 0 radical (unpaired) electrons. The van der Waals surface area contributed by atoms with E-state index in [2.05, 4.69) is 55.7 Å². The van der Waals surface area contributed by atoms with Crippen molar-refractivity contribution in [1.29, 1.82) is 0 Å². The quantitative estimate of drug-likeness (QED) is 0.725. The Hall–Kier alpha value is -0.860. The molecule has 0 spiro atoms. The van der Waals surface area contributed by atoms with Crippen molar-refractivity contribution in [3.63, 3.8) is 0 Å². The van der Waals surface area contributed by atoms with Gasteiger partial charge in [0.05, 0.1) is 0 Å². The minimum atomic E-state index is 0.254. The molecule has 1 aromatic carbocycles. The highest BCUT2D eigenvalue weighted by molar-refractivity contribution is 5.27. The van der Waals surface area contributed by atoms with Crippen molar-refractivity contribution in [2.75, 3.05) is 26.7 Å². The molecule has 0 bridgehead atoms. The second-order valence-corrected chi connectivity index (χ2v) is 5.90. The lowest BCUT2D eigenvalue weighted by Crippen LogP contribution is -2.22. The van der Waals surface area contributed by atoms with Crippen LogP contribution in [0.15, 0.2) is 24.3 Å². The first-order chi connectivity index (χ1) is 8.54. The van der Waals surface area contributed by atoms with Crippen LogP contribution in [0.5, 0.6) is 0 Å². The molecule has 0 heterocycles. The molecule has 0 unspecified atom stereocenters. The van der Waals surface area contributed by atoms with Gasteiger partial charge in [-0.3, -0.25) is 0 Å². The molecular formula is C16H28N2. The Labute approximate surface area is 112 Å². The Bertz CT molecular complexity index is 322. The van der Waals surface area contributed by atoms with E-state index in [0.717, 1.165) is 26.1 Å². The fourth-order valence-electron chi connectivity index (χ4n) is 1.92. The molecule has 0 saturated heterocycles. The zero-order valence-electron chi connectivity index (χ0n) is 12.3. The van der Waals surface area contributed by atoms with Crippen molar-refractivity contribution in [1.82, 2.24) is 10.6 Å². The third-order valence-electron chi connectivity index (χ3n) is 3.19. The van der Waals surface area contributed by atoms with Gasteiger partial charge in [0.15, 0.2) is 0 Å².